The molecule has 0 fully saturated rings. The van der Waals surface area contributed by atoms with Gasteiger partial charge in [-0.3, -0.25) is 0 Å². The molecule has 130 valence electrons. The van der Waals surface area contributed by atoms with E-state index in [0.717, 1.165) is 0 Å². The second-order valence-electron chi connectivity index (χ2n) is 5.13. The second kappa shape index (κ2) is 6.39. The maximum Gasteiger partial charge on any atom is 0.345 e. The SMILES string of the molecule is CC(C)c1ccccc1OS(=O)(=O)c1c(F)c(F)c(F)c(F)c1F. The lowest BCUT2D eigenvalue weighted by Gasteiger charge is -2.14. The summed E-state index contributed by atoms with van der Waals surface area (Å²) in [5.74, 6) is -12.6. The van der Waals surface area contributed by atoms with Gasteiger partial charge in [0.25, 0.3) is 0 Å². The zero-order valence-corrected chi connectivity index (χ0v) is 13.2. The molecule has 2 aromatic rings. The lowest BCUT2D eigenvalue weighted by atomic mass is 10.0. The summed E-state index contributed by atoms with van der Waals surface area (Å²) < 4.78 is 95.6. The number of hydrogen-bond acceptors (Lipinski definition) is 3. The fourth-order valence-electron chi connectivity index (χ4n) is 2.00. The van der Waals surface area contributed by atoms with Crippen LogP contribution in [0, 0.1) is 29.1 Å². The molecule has 0 bridgehead atoms. The van der Waals surface area contributed by atoms with Crippen LogP contribution >= 0.6 is 0 Å². The van der Waals surface area contributed by atoms with E-state index in [1.54, 1.807) is 19.9 Å². The Balaban J connectivity index is 2.62. The van der Waals surface area contributed by atoms with E-state index >= 15 is 0 Å². The fraction of sp³-hybridized carbons (Fsp3) is 0.200. The smallest absolute Gasteiger partial charge is 0.345 e. The fourth-order valence-corrected chi connectivity index (χ4v) is 3.09. The molecule has 24 heavy (non-hydrogen) atoms. The van der Waals surface area contributed by atoms with Crippen molar-refractivity contribution in [3.8, 4) is 5.75 Å². The molecule has 0 radical (unpaired) electrons. The Morgan fingerprint density at radius 3 is 1.79 bits per heavy atom. The molecule has 0 spiro atoms. The summed E-state index contributed by atoms with van der Waals surface area (Å²) in [6, 6.07) is 5.69. The third-order valence-corrected chi connectivity index (χ3v) is 4.42. The van der Waals surface area contributed by atoms with Crippen LogP contribution in [0.3, 0.4) is 0 Å². The van der Waals surface area contributed by atoms with Gasteiger partial charge >= 0.3 is 10.1 Å². The molecule has 3 nitrogen and oxygen atoms in total. The number of hydrogen-bond donors (Lipinski definition) is 0. The minimum absolute atomic E-state index is 0.215. The molecule has 0 aliphatic rings. The third-order valence-electron chi connectivity index (χ3n) is 3.16. The third kappa shape index (κ3) is 3.08. The van der Waals surface area contributed by atoms with Gasteiger partial charge in [-0.15, -0.1) is 0 Å². The first-order chi connectivity index (χ1) is 11.1. The van der Waals surface area contributed by atoms with Gasteiger partial charge in [0, 0.05) is 0 Å². The summed E-state index contributed by atoms with van der Waals surface area (Å²) in [5, 5.41) is 0. The number of benzene rings is 2. The van der Waals surface area contributed by atoms with Crippen LogP contribution in [-0.2, 0) is 10.1 Å². The molecular formula is C15H11F5O3S. The number of para-hydroxylation sites is 1. The predicted molar refractivity (Wildman–Crippen MR) is 74.6 cm³/mol. The van der Waals surface area contributed by atoms with Crippen molar-refractivity contribution in [3.63, 3.8) is 0 Å². The van der Waals surface area contributed by atoms with Gasteiger partial charge in [-0.2, -0.15) is 8.42 Å². The zero-order chi connectivity index (χ0) is 18.2. The monoisotopic (exact) mass is 366 g/mol. The van der Waals surface area contributed by atoms with Crippen LogP contribution in [0.15, 0.2) is 29.2 Å². The zero-order valence-electron chi connectivity index (χ0n) is 12.4. The van der Waals surface area contributed by atoms with E-state index in [-0.39, 0.29) is 11.7 Å². The number of rotatable bonds is 4. The summed E-state index contributed by atoms with van der Waals surface area (Å²) >= 11 is 0. The maximum atomic E-state index is 13.7. The van der Waals surface area contributed by atoms with Crippen LogP contribution in [0.25, 0.3) is 0 Å². The van der Waals surface area contributed by atoms with Crippen LogP contribution in [-0.4, -0.2) is 8.42 Å². The van der Waals surface area contributed by atoms with Gasteiger partial charge in [0.1, 0.15) is 5.75 Å². The minimum atomic E-state index is -5.29. The van der Waals surface area contributed by atoms with Gasteiger partial charge < -0.3 is 4.18 Å². The molecule has 0 amide bonds. The van der Waals surface area contributed by atoms with Crippen molar-refractivity contribution >= 4 is 10.1 Å². The lowest BCUT2D eigenvalue weighted by Crippen LogP contribution is -2.18. The quantitative estimate of drug-likeness (QED) is 0.351. The van der Waals surface area contributed by atoms with Crippen LogP contribution in [0.1, 0.15) is 25.3 Å². The van der Waals surface area contributed by atoms with Gasteiger partial charge in [0.15, 0.2) is 28.2 Å². The van der Waals surface area contributed by atoms with Crippen LogP contribution < -0.4 is 4.18 Å². The van der Waals surface area contributed by atoms with Gasteiger partial charge in [0.05, 0.1) is 0 Å². The van der Waals surface area contributed by atoms with E-state index in [1.807, 2.05) is 0 Å². The highest BCUT2D eigenvalue weighted by atomic mass is 32.2. The first-order valence-electron chi connectivity index (χ1n) is 6.62. The molecule has 2 rings (SSSR count). The van der Waals surface area contributed by atoms with Crippen molar-refractivity contribution in [1.29, 1.82) is 0 Å². The summed E-state index contributed by atoms with van der Waals surface area (Å²) in [6.07, 6.45) is 0. The molecule has 9 heteroatoms. The van der Waals surface area contributed by atoms with Gasteiger partial charge in [-0.05, 0) is 17.5 Å². The molecule has 0 aromatic heterocycles. The van der Waals surface area contributed by atoms with E-state index in [9.17, 15) is 30.4 Å². The van der Waals surface area contributed by atoms with Crippen LogP contribution in [0.2, 0.25) is 0 Å². The van der Waals surface area contributed by atoms with E-state index < -0.39 is 44.1 Å². The maximum absolute atomic E-state index is 13.7. The Morgan fingerprint density at radius 2 is 1.29 bits per heavy atom. The highest BCUT2D eigenvalue weighted by molar-refractivity contribution is 7.87. The predicted octanol–water partition coefficient (Wildman–Crippen LogP) is 4.27. The highest BCUT2D eigenvalue weighted by Gasteiger charge is 2.35. The Morgan fingerprint density at radius 1 is 0.833 bits per heavy atom. The van der Waals surface area contributed by atoms with Crippen molar-refractivity contribution in [3.05, 3.63) is 58.9 Å². The summed E-state index contributed by atoms with van der Waals surface area (Å²) in [7, 11) is -5.29. The van der Waals surface area contributed by atoms with E-state index in [4.69, 9.17) is 0 Å². The van der Waals surface area contributed by atoms with Crippen molar-refractivity contribution in [2.45, 2.75) is 24.7 Å². The topological polar surface area (TPSA) is 43.4 Å². The lowest BCUT2D eigenvalue weighted by molar-refractivity contribution is 0.352. The molecule has 0 aliphatic heterocycles. The van der Waals surface area contributed by atoms with Gasteiger partial charge in [0.2, 0.25) is 5.82 Å². The molecule has 0 unspecified atom stereocenters. The van der Waals surface area contributed by atoms with Crippen molar-refractivity contribution in [2.75, 3.05) is 0 Å². The molecule has 0 heterocycles. The van der Waals surface area contributed by atoms with Crippen molar-refractivity contribution in [1.82, 2.24) is 0 Å². The highest BCUT2D eigenvalue weighted by Crippen LogP contribution is 2.32. The van der Waals surface area contributed by atoms with Crippen LogP contribution in [0.4, 0.5) is 22.0 Å². The molecule has 0 saturated heterocycles. The molecule has 0 saturated carbocycles. The van der Waals surface area contributed by atoms with E-state index in [1.165, 1.54) is 18.2 Å². The average Bonchev–Trinajstić information content (AvgIpc) is 2.50. The Kier molecular flexibility index (Phi) is 4.84. The van der Waals surface area contributed by atoms with E-state index in [0.29, 0.717) is 5.56 Å². The Bertz CT molecular complexity index is 865. The summed E-state index contributed by atoms with van der Waals surface area (Å²) in [5.41, 5.74) is 0.380. The molecule has 0 aliphatic carbocycles. The van der Waals surface area contributed by atoms with Crippen LogP contribution in [0.5, 0.6) is 5.75 Å². The molecule has 0 N–H and O–H groups in total. The van der Waals surface area contributed by atoms with Gasteiger partial charge in [-0.1, -0.05) is 32.0 Å². The molecule has 2 aromatic carbocycles. The van der Waals surface area contributed by atoms with Gasteiger partial charge in [-0.25, -0.2) is 22.0 Å². The number of halogens is 5. The molecule has 0 atom stereocenters. The van der Waals surface area contributed by atoms with E-state index in [2.05, 4.69) is 4.18 Å². The molecular weight excluding hydrogens is 355 g/mol. The first kappa shape index (κ1) is 18.2. The Labute approximate surface area is 134 Å². The van der Waals surface area contributed by atoms with Crippen molar-refractivity contribution in [2.24, 2.45) is 0 Å². The summed E-state index contributed by atoms with van der Waals surface area (Å²) in [6.45, 7) is 3.40. The largest absolute Gasteiger partial charge is 0.379 e. The second-order valence-corrected chi connectivity index (χ2v) is 6.61. The minimum Gasteiger partial charge on any atom is -0.379 e. The normalized spacial score (nSPS) is 11.8. The standard InChI is InChI=1S/C15H11F5O3S/c1-7(2)8-5-3-4-6-9(8)23-24(21,22)15-13(19)11(17)10(16)12(18)14(15)20/h3-7H,1-2H3. The van der Waals surface area contributed by atoms with Crippen molar-refractivity contribution < 1.29 is 34.6 Å². The average molecular weight is 366 g/mol. The first-order valence-corrected chi connectivity index (χ1v) is 8.03. The summed E-state index contributed by atoms with van der Waals surface area (Å²) in [4.78, 5) is -2.03. The Hall–Kier alpha value is -2.16.